The number of hydrogen-bond acceptors (Lipinski definition) is 1. The summed E-state index contributed by atoms with van der Waals surface area (Å²) in [6, 6.07) is 8.24. The number of ether oxygens (including phenoxy) is 1. The fraction of sp³-hybridized carbons (Fsp3) is 0.467. The summed E-state index contributed by atoms with van der Waals surface area (Å²) < 4.78 is 5.78. The second kappa shape index (κ2) is 6.95. The van der Waals surface area contributed by atoms with Gasteiger partial charge in [0.1, 0.15) is 5.75 Å². The second-order valence-corrected chi connectivity index (χ2v) is 4.20. The van der Waals surface area contributed by atoms with Gasteiger partial charge in [-0.3, -0.25) is 0 Å². The van der Waals surface area contributed by atoms with Gasteiger partial charge in [-0.15, -0.1) is 12.3 Å². The fourth-order valence-corrected chi connectivity index (χ4v) is 1.60. The molecule has 86 valence electrons. The van der Waals surface area contributed by atoms with Crippen molar-refractivity contribution in [2.45, 2.75) is 39.0 Å². The molecule has 0 atom stereocenters. The molecular weight excluding hydrogens is 196 g/mol. The SMILES string of the molecule is C#CCCCCOc1ccccc1C(C)C. The highest BCUT2D eigenvalue weighted by Gasteiger charge is 2.05. The van der Waals surface area contributed by atoms with E-state index < -0.39 is 0 Å². The van der Waals surface area contributed by atoms with E-state index in [4.69, 9.17) is 11.2 Å². The highest BCUT2D eigenvalue weighted by Crippen LogP contribution is 2.25. The minimum atomic E-state index is 0.502. The van der Waals surface area contributed by atoms with Gasteiger partial charge in [-0.2, -0.15) is 0 Å². The molecule has 0 unspecified atom stereocenters. The van der Waals surface area contributed by atoms with E-state index in [9.17, 15) is 0 Å². The third-order valence-corrected chi connectivity index (χ3v) is 2.51. The summed E-state index contributed by atoms with van der Waals surface area (Å²) in [4.78, 5) is 0. The maximum Gasteiger partial charge on any atom is 0.122 e. The summed E-state index contributed by atoms with van der Waals surface area (Å²) in [6.45, 7) is 5.12. The Bertz CT molecular complexity index is 347. The molecule has 0 N–H and O–H groups in total. The van der Waals surface area contributed by atoms with Crippen molar-refractivity contribution in [2.75, 3.05) is 6.61 Å². The molecule has 0 spiro atoms. The number of hydrogen-bond donors (Lipinski definition) is 0. The summed E-state index contributed by atoms with van der Waals surface area (Å²) in [7, 11) is 0. The summed E-state index contributed by atoms with van der Waals surface area (Å²) in [6.07, 6.45) is 8.10. The number of terminal acetylenes is 1. The Morgan fingerprint density at radius 1 is 1.25 bits per heavy atom. The van der Waals surface area contributed by atoms with Gasteiger partial charge >= 0.3 is 0 Å². The van der Waals surface area contributed by atoms with Crippen LogP contribution in [0.5, 0.6) is 5.75 Å². The maximum absolute atomic E-state index is 5.78. The highest BCUT2D eigenvalue weighted by molar-refractivity contribution is 5.35. The van der Waals surface area contributed by atoms with Gasteiger partial charge in [0.05, 0.1) is 6.61 Å². The summed E-state index contributed by atoms with van der Waals surface area (Å²) in [5, 5.41) is 0. The van der Waals surface area contributed by atoms with Crippen molar-refractivity contribution in [3.63, 3.8) is 0 Å². The minimum absolute atomic E-state index is 0.502. The van der Waals surface area contributed by atoms with E-state index in [2.05, 4.69) is 31.9 Å². The van der Waals surface area contributed by atoms with Crippen LogP contribution in [0.1, 0.15) is 44.6 Å². The van der Waals surface area contributed by atoms with E-state index in [1.54, 1.807) is 0 Å². The number of unbranched alkanes of at least 4 members (excludes halogenated alkanes) is 2. The molecule has 0 fully saturated rings. The Morgan fingerprint density at radius 3 is 2.69 bits per heavy atom. The first-order valence-electron chi connectivity index (χ1n) is 5.91. The molecule has 1 nitrogen and oxygen atoms in total. The molecule has 0 bridgehead atoms. The Labute approximate surface area is 98.8 Å². The zero-order chi connectivity index (χ0) is 11.8. The topological polar surface area (TPSA) is 9.23 Å². The largest absolute Gasteiger partial charge is 0.493 e. The Balaban J connectivity index is 2.44. The second-order valence-electron chi connectivity index (χ2n) is 4.20. The summed E-state index contributed by atoms with van der Waals surface area (Å²) >= 11 is 0. The van der Waals surface area contributed by atoms with E-state index in [0.717, 1.165) is 31.6 Å². The van der Waals surface area contributed by atoms with Gasteiger partial charge in [-0.05, 0) is 30.4 Å². The van der Waals surface area contributed by atoms with Crippen molar-refractivity contribution in [3.05, 3.63) is 29.8 Å². The molecule has 0 aromatic heterocycles. The normalized spacial score (nSPS) is 10.1. The van der Waals surface area contributed by atoms with Crippen LogP contribution in [0.3, 0.4) is 0 Å². The molecule has 1 aromatic rings. The van der Waals surface area contributed by atoms with E-state index >= 15 is 0 Å². The van der Waals surface area contributed by atoms with Crippen LogP contribution in [-0.2, 0) is 0 Å². The van der Waals surface area contributed by atoms with Gasteiger partial charge in [0, 0.05) is 6.42 Å². The molecule has 0 aliphatic rings. The average Bonchev–Trinajstić information content (AvgIpc) is 2.29. The first-order chi connectivity index (χ1) is 7.75. The van der Waals surface area contributed by atoms with E-state index in [1.807, 2.05) is 12.1 Å². The first kappa shape index (κ1) is 12.6. The van der Waals surface area contributed by atoms with Crippen LogP contribution in [0.4, 0.5) is 0 Å². The van der Waals surface area contributed by atoms with Crippen molar-refractivity contribution in [2.24, 2.45) is 0 Å². The summed E-state index contributed by atoms with van der Waals surface area (Å²) in [5.41, 5.74) is 1.28. The molecule has 0 aliphatic heterocycles. The molecule has 0 aliphatic carbocycles. The molecular formula is C15H20O. The third kappa shape index (κ3) is 3.98. The van der Waals surface area contributed by atoms with Crippen LogP contribution in [0.2, 0.25) is 0 Å². The first-order valence-corrected chi connectivity index (χ1v) is 5.91. The lowest BCUT2D eigenvalue weighted by Gasteiger charge is -2.13. The standard InChI is InChI=1S/C15H20O/c1-4-5-6-9-12-16-15-11-8-7-10-14(15)13(2)3/h1,7-8,10-11,13H,5-6,9,12H2,2-3H3. The molecule has 16 heavy (non-hydrogen) atoms. The molecule has 0 amide bonds. The van der Waals surface area contributed by atoms with Gasteiger partial charge in [0.2, 0.25) is 0 Å². The van der Waals surface area contributed by atoms with Crippen LogP contribution in [0, 0.1) is 12.3 Å². The number of rotatable bonds is 6. The van der Waals surface area contributed by atoms with Gasteiger partial charge in [0.15, 0.2) is 0 Å². The molecule has 0 saturated carbocycles. The van der Waals surface area contributed by atoms with Crippen molar-refractivity contribution >= 4 is 0 Å². The maximum atomic E-state index is 5.78. The van der Waals surface area contributed by atoms with Crippen molar-refractivity contribution in [3.8, 4) is 18.1 Å². The van der Waals surface area contributed by atoms with Crippen molar-refractivity contribution < 1.29 is 4.74 Å². The average molecular weight is 216 g/mol. The third-order valence-electron chi connectivity index (χ3n) is 2.51. The summed E-state index contributed by atoms with van der Waals surface area (Å²) in [5.74, 6) is 4.15. The van der Waals surface area contributed by atoms with Gasteiger partial charge < -0.3 is 4.74 Å². The monoisotopic (exact) mass is 216 g/mol. The lowest BCUT2D eigenvalue weighted by Crippen LogP contribution is -2.01. The van der Waals surface area contributed by atoms with Crippen LogP contribution in [0.25, 0.3) is 0 Å². The van der Waals surface area contributed by atoms with Gasteiger partial charge in [0.25, 0.3) is 0 Å². The Kier molecular flexibility index (Phi) is 5.50. The molecule has 0 heterocycles. The lowest BCUT2D eigenvalue weighted by molar-refractivity contribution is 0.303. The van der Waals surface area contributed by atoms with E-state index in [-0.39, 0.29) is 0 Å². The predicted octanol–water partition coefficient (Wildman–Crippen LogP) is 3.99. The van der Waals surface area contributed by atoms with Crippen molar-refractivity contribution in [1.29, 1.82) is 0 Å². The smallest absolute Gasteiger partial charge is 0.122 e. The van der Waals surface area contributed by atoms with Crippen molar-refractivity contribution in [1.82, 2.24) is 0 Å². The van der Waals surface area contributed by atoms with E-state index in [1.165, 1.54) is 5.56 Å². The predicted molar refractivity (Wildman–Crippen MR) is 68.7 cm³/mol. The van der Waals surface area contributed by atoms with Crippen LogP contribution in [0.15, 0.2) is 24.3 Å². The Morgan fingerprint density at radius 2 is 2.00 bits per heavy atom. The molecule has 0 radical (unpaired) electrons. The number of para-hydroxylation sites is 1. The zero-order valence-corrected chi connectivity index (χ0v) is 10.2. The van der Waals surface area contributed by atoms with Crippen LogP contribution in [-0.4, -0.2) is 6.61 Å². The van der Waals surface area contributed by atoms with Crippen LogP contribution >= 0.6 is 0 Å². The molecule has 1 aromatic carbocycles. The van der Waals surface area contributed by atoms with E-state index in [0.29, 0.717) is 5.92 Å². The van der Waals surface area contributed by atoms with Crippen LogP contribution < -0.4 is 4.74 Å². The highest BCUT2D eigenvalue weighted by atomic mass is 16.5. The fourth-order valence-electron chi connectivity index (χ4n) is 1.60. The zero-order valence-electron chi connectivity index (χ0n) is 10.2. The molecule has 1 heteroatoms. The minimum Gasteiger partial charge on any atom is -0.493 e. The van der Waals surface area contributed by atoms with Gasteiger partial charge in [-0.25, -0.2) is 0 Å². The number of benzene rings is 1. The quantitative estimate of drug-likeness (QED) is 0.516. The molecule has 1 rings (SSSR count). The molecule has 0 saturated heterocycles. The lowest BCUT2D eigenvalue weighted by atomic mass is 10.0. The van der Waals surface area contributed by atoms with Gasteiger partial charge in [-0.1, -0.05) is 32.0 Å². The Hall–Kier alpha value is -1.42.